The van der Waals surface area contributed by atoms with Crippen molar-refractivity contribution in [2.75, 3.05) is 0 Å². The minimum absolute atomic E-state index is 0.0317. The van der Waals surface area contributed by atoms with E-state index in [9.17, 15) is 13.9 Å². The van der Waals surface area contributed by atoms with Crippen molar-refractivity contribution in [3.05, 3.63) is 34.9 Å². The lowest BCUT2D eigenvalue weighted by atomic mass is 9.74. The largest absolute Gasteiger partial charge is 0.388 e. The van der Waals surface area contributed by atoms with E-state index in [1.165, 1.54) is 12.1 Å². The quantitative estimate of drug-likeness (QED) is 0.846. The first-order chi connectivity index (χ1) is 9.41. The number of rotatable bonds is 3. The molecule has 1 aliphatic rings. The number of hydrogen-bond donors (Lipinski definition) is 1. The number of hydrogen-bond acceptors (Lipinski definition) is 1. The van der Waals surface area contributed by atoms with Gasteiger partial charge in [-0.15, -0.1) is 0 Å². The molecule has 0 saturated heterocycles. The number of halogens is 2. The summed E-state index contributed by atoms with van der Waals surface area (Å²) in [6, 6.07) is 2.66. The molecule has 112 valence electrons. The zero-order valence-corrected chi connectivity index (χ0v) is 12.5. The Balaban J connectivity index is 2.13. The molecule has 0 aromatic heterocycles. The first kappa shape index (κ1) is 15.4. The smallest absolute Gasteiger partial charge is 0.134 e. The molecule has 1 aromatic carbocycles. The molecule has 1 fully saturated rings. The summed E-state index contributed by atoms with van der Waals surface area (Å²) in [7, 11) is 0. The molecule has 1 N–H and O–H groups in total. The lowest BCUT2D eigenvalue weighted by Crippen LogP contribution is -2.24. The highest BCUT2D eigenvalue weighted by atomic mass is 19.1. The Morgan fingerprint density at radius 3 is 2.15 bits per heavy atom. The van der Waals surface area contributed by atoms with Gasteiger partial charge in [-0.1, -0.05) is 19.9 Å². The van der Waals surface area contributed by atoms with E-state index in [1.807, 2.05) is 0 Å². The fourth-order valence-corrected chi connectivity index (χ4v) is 3.31. The summed E-state index contributed by atoms with van der Waals surface area (Å²) in [5, 5.41) is 10.4. The second-order valence-corrected chi connectivity index (χ2v) is 6.46. The van der Waals surface area contributed by atoms with Crippen molar-refractivity contribution in [2.24, 2.45) is 17.8 Å². The molecule has 0 radical (unpaired) electrons. The number of aliphatic hydroxyl groups excluding tert-OH is 1. The minimum atomic E-state index is -1.02. The molecule has 3 heteroatoms. The Labute approximate surface area is 120 Å². The SMILES string of the molecule is Cc1ccc(F)c(C(O)C2CCC(C(C)C)CC2)c1F. The van der Waals surface area contributed by atoms with Gasteiger partial charge in [-0.3, -0.25) is 0 Å². The summed E-state index contributed by atoms with van der Waals surface area (Å²) in [4.78, 5) is 0. The summed E-state index contributed by atoms with van der Waals surface area (Å²) < 4.78 is 27.9. The topological polar surface area (TPSA) is 20.2 Å². The summed E-state index contributed by atoms with van der Waals surface area (Å²) in [6.07, 6.45) is 2.74. The molecule has 1 aromatic rings. The van der Waals surface area contributed by atoms with Crippen LogP contribution in [0.15, 0.2) is 12.1 Å². The summed E-state index contributed by atoms with van der Waals surface area (Å²) >= 11 is 0. The first-order valence-corrected chi connectivity index (χ1v) is 7.54. The van der Waals surface area contributed by atoms with Gasteiger partial charge in [-0.05, 0) is 62.0 Å². The zero-order chi connectivity index (χ0) is 14.9. The molecule has 1 nitrogen and oxygen atoms in total. The molecule has 0 spiro atoms. The molecular formula is C17H24F2O. The molecule has 1 unspecified atom stereocenters. The van der Waals surface area contributed by atoms with E-state index < -0.39 is 17.7 Å². The van der Waals surface area contributed by atoms with Crippen molar-refractivity contribution in [1.82, 2.24) is 0 Å². The van der Waals surface area contributed by atoms with E-state index in [4.69, 9.17) is 0 Å². The van der Waals surface area contributed by atoms with Crippen LogP contribution >= 0.6 is 0 Å². The predicted molar refractivity (Wildman–Crippen MR) is 76.3 cm³/mol. The lowest BCUT2D eigenvalue weighted by molar-refractivity contribution is 0.0611. The van der Waals surface area contributed by atoms with Gasteiger partial charge in [0.25, 0.3) is 0 Å². The van der Waals surface area contributed by atoms with Crippen LogP contribution in [0.1, 0.15) is 56.8 Å². The molecule has 1 aliphatic carbocycles. The van der Waals surface area contributed by atoms with E-state index >= 15 is 0 Å². The van der Waals surface area contributed by atoms with Gasteiger partial charge >= 0.3 is 0 Å². The Hall–Kier alpha value is -0.960. The number of benzene rings is 1. The monoisotopic (exact) mass is 282 g/mol. The van der Waals surface area contributed by atoms with Gasteiger partial charge in [-0.25, -0.2) is 8.78 Å². The summed E-state index contributed by atoms with van der Waals surface area (Å²) in [5.41, 5.74) is 0.245. The van der Waals surface area contributed by atoms with Crippen molar-refractivity contribution < 1.29 is 13.9 Å². The highest BCUT2D eigenvalue weighted by molar-refractivity contribution is 5.28. The zero-order valence-electron chi connectivity index (χ0n) is 12.5. The van der Waals surface area contributed by atoms with E-state index in [0.29, 0.717) is 17.4 Å². The van der Waals surface area contributed by atoms with Crippen molar-refractivity contribution in [2.45, 2.75) is 52.6 Å². The van der Waals surface area contributed by atoms with Crippen LogP contribution in [0.2, 0.25) is 0 Å². The molecule has 1 atom stereocenters. The third-order valence-electron chi connectivity index (χ3n) is 4.82. The third-order valence-corrected chi connectivity index (χ3v) is 4.82. The highest BCUT2D eigenvalue weighted by Crippen LogP contribution is 2.40. The second-order valence-electron chi connectivity index (χ2n) is 6.46. The Bertz CT molecular complexity index is 462. The maximum atomic E-state index is 14.1. The predicted octanol–water partition coefficient (Wildman–Crippen LogP) is 4.77. The lowest BCUT2D eigenvalue weighted by Gasteiger charge is -2.33. The van der Waals surface area contributed by atoms with Gasteiger partial charge < -0.3 is 5.11 Å². The van der Waals surface area contributed by atoms with E-state index in [1.54, 1.807) is 6.92 Å². The second kappa shape index (κ2) is 6.21. The Morgan fingerprint density at radius 2 is 1.60 bits per heavy atom. The van der Waals surface area contributed by atoms with Crippen LogP contribution in [-0.4, -0.2) is 5.11 Å². The highest BCUT2D eigenvalue weighted by Gasteiger charge is 2.31. The van der Waals surface area contributed by atoms with Crippen molar-refractivity contribution in [1.29, 1.82) is 0 Å². The van der Waals surface area contributed by atoms with Crippen molar-refractivity contribution >= 4 is 0 Å². The van der Waals surface area contributed by atoms with Gasteiger partial charge in [0, 0.05) is 0 Å². The number of aryl methyl sites for hydroxylation is 1. The van der Waals surface area contributed by atoms with Crippen molar-refractivity contribution in [3.8, 4) is 0 Å². The molecule has 0 aliphatic heterocycles. The fourth-order valence-electron chi connectivity index (χ4n) is 3.31. The maximum Gasteiger partial charge on any atom is 0.134 e. The summed E-state index contributed by atoms with van der Waals surface area (Å²) in [5.74, 6) is 0.0528. The van der Waals surface area contributed by atoms with Gasteiger partial charge in [-0.2, -0.15) is 0 Å². The molecule has 0 bridgehead atoms. The third kappa shape index (κ3) is 3.03. The molecule has 0 amide bonds. The van der Waals surface area contributed by atoms with Gasteiger partial charge in [0.2, 0.25) is 0 Å². The van der Waals surface area contributed by atoms with Crippen LogP contribution in [-0.2, 0) is 0 Å². The Kier molecular flexibility index (Phi) is 4.79. The van der Waals surface area contributed by atoms with E-state index in [2.05, 4.69) is 13.8 Å². The molecule has 0 heterocycles. The van der Waals surface area contributed by atoms with Crippen LogP contribution in [0, 0.1) is 36.3 Å². The van der Waals surface area contributed by atoms with Gasteiger partial charge in [0.1, 0.15) is 11.6 Å². The average Bonchev–Trinajstić information content (AvgIpc) is 2.43. The van der Waals surface area contributed by atoms with Crippen LogP contribution in [0.25, 0.3) is 0 Å². The Morgan fingerprint density at radius 1 is 1.05 bits per heavy atom. The van der Waals surface area contributed by atoms with Crippen LogP contribution in [0.4, 0.5) is 8.78 Å². The van der Waals surface area contributed by atoms with E-state index in [0.717, 1.165) is 25.7 Å². The molecule has 1 saturated carbocycles. The van der Waals surface area contributed by atoms with Gasteiger partial charge in [0.05, 0.1) is 11.7 Å². The fraction of sp³-hybridized carbons (Fsp3) is 0.647. The molecule has 2 rings (SSSR count). The summed E-state index contributed by atoms with van der Waals surface area (Å²) in [6.45, 7) is 6.02. The normalized spacial score (nSPS) is 24.9. The van der Waals surface area contributed by atoms with Crippen molar-refractivity contribution in [3.63, 3.8) is 0 Å². The van der Waals surface area contributed by atoms with Crippen LogP contribution < -0.4 is 0 Å². The molecular weight excluding hydrogens is 258 g/mol. The maximum absolute atomic E-state index is 14.1. The van der Waals surface area contributed by atoms with Crippen LogP contribution in [0.3, 0.4) is 0 Å². The van der Waals surface area contributed by atoms with Crippen LogP contribution in [0.5, 0.6) is 0 Å². The van der Waals surface area contributed by atoms with Gasteiger partial charge in [0.15, 0.2) is 0 Å². The number of aliphatic hydroxyl groups is 1. The average molecular weight is 282 g/mol. The standard InChI is InChI=1S/C17H24F2O/c1-10(2)12-5-7-13(8-6-12)17(20)15-14(18)9-4-11(3)16(15)19/h4,9-10,12-13,17,20H,5-8H2,1-3H3. The van der Waals surface area contributed by atoms with E-state index in [-0.39, 0.29) is 11.5 Å². The first-order valence-electron chi connectivity index (χ1n) is 7.54. The minimum Gasteiger partial charge on any atom is -0.388 e. The molecule has 20 heavy (non-hydrogen) atoms.